The quantitative estimate of drug-likeness (QED) is 0.585. The van der Waals surface area contributed by atoms with Crippen LogP contribution in [0.25, 0.3) is 0 Å². The zero-order valence-corrected chi connectivity index (χ0v) is 8.80. The summed E-state index contributed by atoms with van der Waals surface area (Å²) in [5.41, 5.74) is 0. The Morgan fingerprint density at radius 2 is 2.07 bits per heavy atom. The van der Waals surface area contributed by atoms with E-state index >= 15 is 0 Å². The van der Waals surface area contributed by atoms with Gasteiger partial charge in [0.05, 0.1) is 12.3 Å². The van der Waals surface area contributed by atoms with Crippen molar-refractivity contribution in [1.82, 2.24) is 9.62 Å². The van der Waals surface area contributed by atoms with E-state index < -0.39 is 27.9 Å². The van der Waals surface area contributed by atoms with E-state index in [0.29, 0.717) is 0 Å². The van der Waals surface area contributed by atoms with Gasteiger partial charge in [-0.2, -0.15) is 4.31 Å². The Hall–Kier alpha value is -0.950. The fourth-order valence-corrected chi connectivity index (χ4v) is 2.42. The van der Waals surface area contributed by atoms with E-state index in [4.69, 9.17) is 0 Å². The van der Waals surface area contributed by atoms with Gasteiger partial charge < -0.3 is 0 Å². The van der Waals surface area contributed by atoms with Crippen molar-refractivity contribution in [3.63, 3.8) is 0 Å². The van der Waals surface area contributed by atoms with Crippen molar-refractivity contribution >= 4 is 21.8 Å². The highest BCUT2D eigenvalue weighted by molar-refractivity contribution is 7.89. The van der Waals surface area contributed by atoms with Crippen LogP contribution >= 0.6 is 0 Å². The lowest BCUT2D eigenvalue weighted by Crippen LogP contribution is -2.58. The van der Waals surface area contributed by atoms with Crippen molar-refractivity contribution in [2.75, 3.05) is 12.3 Å². The van der Waals surface area contributed by atoms with Gasteiger partial charge in [0, 0.05) is 0 Å². The number of carbonyl (C=O) groups excluding carboxylic acids is 2. The predicted octanol–water partition coefficient (Wildman–Crippen LogP) is -1.32. The summed E-state index contributed by atoms with van der Waals surface area (Å²) in [5.74, 6) is -1.26. The van der Waals surface area contributed by atoms with Gasteiger partial charge in [-0.25, -0.2) is 8.42 Å². The molecule has 1 saturated heterocycles. The molecule has 1 rings (SSSR count). The number of nitrogens with zero attached hydrogens (tertiary/aromatic N) is 1. The third-order valence-electron chi connectivity index (χ3n) is 2.10. The van der Waals surface area contributed by atoms with Gasteiger partial charge in [-0.15, -0.1) is 0 Å². The average Bonchev–Trinajstić information content (AvgIpc) is 2.11. The van der Waals surface area contributed by atoms with Crippen LogP contribution in [0.1, 0.15) is 13.8 Å². The molecule has 1 atom stereocenters. The summed E-state index contributed by atoms with van der Waals surface area (Å²) < 4.78 is 23.8. The summed E-state index contributed by atoms with van der Waals surface area (Å²) in [7, 11) is -3.48. The van der Waals surface area contributed by atoms with Crippen LogP contribution in [0.5, 0.6) is 0 Å². The lowest BCUT2D eigenvalue weighted by molar-refractivity contribution is -0.136. The first-order valence-corrected chi connectivity index (χ1v) is 5.82. The van der Waals surface area contributed by atoms with Crippen LogP contribution in [0, 0.1) is 0 Å². The molecule has 0 spiro atoms. The largest absolute Gasteiger partial charge is 0.294 e. The molecule has 7 heteroatoms. The molecule has 0 aliphatic carbocycles. The Morgan fingerprint density at radius 1 is 1.50 bits per heavy atom. The van der Waals surface area contributed by atoms with Gasteiger partial charge in [0.25, 0.3) is 0 Å². The first-order valence-electron chi connectivity index (χ1n) is 4.21. The second-order valence-corrected chi connectivity index (χ2v) is 5.24. The Morgan fingerprint density at radius 3 is 2.57 bits per heavy atom. The first-order chi connectivity index (χ1) is 6.38. The summed E-state index contributed by atoms with van der Waals surface area (Å²) in [6.45, 7) is 2.65. The highest BCUT2D eigenvalue weighted by Gasteiger charge is 2.36. The number of hydrogen-bond donors (Lipinski definition) is 1. The third-order valence-corrected chi connectivity index (χ3v) is 3.99. The van der Waals surface area contributed by atoms with Crippen molar-refractivity contribution < 1.29 is 18.0 Å². The number of nitrogens with one attached hydrogen (secondary N) is 1. The highest BCUT2D eigenvalue weighted by atomic mass is 32.2. The molecule has 1 aliphatic heterocycles. The minimum atomic E-state index is -3.48. The normalized spacial score (nSPS) is 24.9. The molecule has 1 N–H and O–H groups in total. The van der Waals surface area contributed by atoms with Gasteiger partial charge in [0.15, 0.2) is 0 Å². The molecule has 1 aliphatic rings. The first kappa shape index (κ1) is 11.1. The summed E-state index contributed by atoms with van der Waals surface area (Å²) in [6, 6.07) is -0.808. The molecule has 1 fully saturated rings. The van der Waals surface area contributed by atoms with E-state index in [1.54, 1.807) is 0 Å². The number of amides is 2. The van der Waals surface area contributed by atoms with E-state index in [0.717, 1.165) is 4.31 Å². The Kier molecular flexibility index (Phi) is 2.91. The summed E-state index contributed by atoms with van der Waals surface area (Å²) in [5, 5.41) is 2.07. The number of imide groups is 1. The summed E-state index contributed by atoms with van der Waals surface area (Å²) in [4.78, 5) is 22.1. The van der Waals surface area contributed by atoms with Gasteiger partial charge >= 0.3 is 0 Å². The van der Waals surface area contributed by atoms with Crippen LogP contribution in [0.2, 0.25) is 0 Å². The fraction of sp³-hybridized carbons (Fsp3) is 0.714. The minimum Gasteiger partial charge on any atom is -0.294 e. The maximum atomic E-state index is 11.4. The van der Waals surface area contributed by atoms with Crippen LogP contribution in [0.4, 0.5) is 0 Å². The van der Waals surface area contributed by atoms with Gasteiger partial charge in [0.1, 0.15) is 6.04 Å². The van der Waals surface area contributed by atoms with Crippen LogP contribution in [0.3, 0.4) is 0 Å². The second-order valence-electron chi connectivity index (χ2n) is 3.03. The van der Waals surface area contributed by atoms with Gasteiger partial charge in [-0.1, -0.05) is 0 Å². The Bertz CT molecular complexity index is 362. The molecule has 6 nitrogen and oxygen atoms in total. The molecule has 1 heterocycles. The SMILES string of the molecule is CCS(=O)(=O)N1CC(=O)NC(=O)C1C. The molecule has 0 saturated carbocycles. The van der Waals surface area contributed by atoms with Crippen LogP contribution in [0.15, 0.2) is 0 Å². The molecule has 1 unspecified atom stereocenters. The number of sulfonamides is 1. The number of hydrogen-bond acceptors (Lipinski definition) is 4. The molecule has 0 bridgehead atoms. The highest BCUT2D eigenvalue weighted by Crippen LogP contribution is 2.10. The van der Waals surface area contributed by atoms with E-state index in [-0.39, 0.29) is 12.3 Å². The lowest BCUT2D eigenvalue weighted by Gasteiger charge is -2.30. The molecule has 0 aromatic carbocycles. The molecule has 80 valence electrons. The summed E-state index contributed by atoms with van der Waals surface area (Å²) in [6.07, 6.45) is 0. The maximum Gasteiger partial charge on any atom is 0.244 e. The van der Waals surface area contributed by atoms with Crippen LogP contribution < -0.4 is 5.32 Å². The third kappa shape index (κ3) is 1.93. The van der Waals surface area contributed by atoms with Gasteiger partial charge in [-0.3, -0.25) is 14.9 Å². The zero-order valence-electron chi connectivity index (χ0n) is 7.98. The average molecular weight is 220 g/mol. The minimum absolute atomic E-state index is 0.113. The van der Waals surface area contributed by atoms with Crippen LogP contribution in [-0.2, 0) is 19.6 Å². The molecule has 2 amide bonds. The van der Waals surface area contributed by atoms with Crippen molar-refractivity contribution in [3.8, 4) is 0 Å². The molecule has 0 radical (unpaired) electrons. The predicted molar refractivity (Wildman–Crippen MR) is 48.8 cm³/mol. The van der Waals surface area contributed by atoms with E-state index in [9.17, 15) is 18.0 Å². The van der Waals surface area contributed by atoms with Crippen LogP contribution in [-0.4, -0.2) is 42.9 Å². The van der Waals surface area contributed by atoms with Crippen molar-refractivity contribution in [1.29, 1.82) is 0 Å². The lowest BCUT2D eigenvalue weighted by atomic mass is 10.2. The molecule has 14 heavy (non-hydrogen) atoms. The molecular weight excluding hydrogens is 208 g/mol. The zero-order chi connectivity index (χ0) is 10.9. The van der Waals surface area contributed by atoms with Crippen molar-refractivity contribution in [2.45, 2.75) is 19.9 Å². The fourth-order valence-electron chi connectivity index (χ4n) is 1.20. The van der Waals surface area contributed by atoms with E-state index in [1.807, 2.05) is 0 Å². The van der Waals surface area contributed by atoms with Gasteiger partial charge in [0.2, 0.25) is 21.8 Å². The van der Waals surface area contributed by atoms with Gasteiger partial charge in [-0.05, 0) is 13.8 Å². The maximum absolute atomic E-state index is 11.4. The molecule has 0 aromatic heterocycles. The monoisotopic (exact) mass is 220 g/mol. The smallest absolute Gasteiger partial charge is 0.244 e. The standard InChI is InChI=1S/C7H12N2O4S/c1-3-14(12,13)9-4-6(10)8-7(11)5(9)2/h5H,3-4H2,1-2H3,(H,8,10,11). The molecule has 0 aromatic rings. The topological polar surface area (TPSA) is 83.6 Å². The molecular formula is C7H12N2O4S. The van der Waals surface area contributed by atoms with Crippen molar-refractivity contribution in [2.24, 2.45) is 0 Å². The van der Waals surface area contributed by atoms with E-state index in [1.165, 1.54) is 13.8 Å². The number of rotatable bonds is 2. The number of piperazine rings is 1. The van der Waals surface area contributed by atoms with Crippen molar-refractivity contribution in [3.05, 3.63) is 0 Å². The Balaban J connectivity index is 2.98. The Labute approximate surface area is 82.3 Å². The second kappa shape index (κ2) is 3.66. The van der Waals surface area contributed by atoms with E-state index in [2.05, 4.69) is 5.32 Å². The summed E-state index contributed by atoms with van der Waals surface area (Å²) >= 11 is 0. The number of carbonyl (C=O) groups is 2.